The number of carbonyl (C=O) groups is 1. The molecule has 1 aromatic rings. The van der Waals surface area contributed by atoms with Gasteiger partial charge in [0.25, 0.3) is 0 Å². The Balaban J connectivity index is 1.85. The summed E-state index contributed by atoms with van der Waals surface area (Å²) in [6, 6.07) is 6.02. The zero-order valence-electron chi connectivity index (χ0n) is 13.9. The van der Waals surface area contributed by atoms with Crippen molar-refractivity contribution in [3.63, 3.8) is 0 Å². The molecule has 0 saturated carbocycles. The van der Waals surface area contributed by atoms with Crippen LogP contribution in [0.15, 0.2) is 18.2 Å². The topological polar surface area (TPSA) is 55.8 Å². The quantitative estimate of drug-likeness (QED) is 0.867. The van der Waals surface area contributed by atoms with Crippen LogP contribution in [-0.4, -0.2) is 60.3 Å². The van der Waals surface area contributed by atoms with Crippen LogP contribution in [0.5, 0.6) is 0 Å². The smallest absolute Gasteiger partial charge is 0.321 e. The van der Waals surface area contributed by atoms with E-state index in [1.807, 2.05) is 30.0 Å². The average molecular weight is 340 g/mol. The predicted octanol–water partition coefficient (Wildman–Crippen LogP) is 2.96. The SMILES string of the molecule is Cc1cccc(NC(=O)N2CCC(N(C)CCCO)CC2)c1Cl. The molecule has 0 aromatic heterocycles. The van der Waals surface area contributed by atoms with E-state index in [0.29, 0.717) is 16.8 Å². The van der Waals surface area contributed by atoms with Gasteiger partial charge in [-0.2, -0.15) is 0 Å². The van der Waals surface area contributed by atoms with Gasteiger partial charge >= 0.3 is 6.03 Å². The van der Waals surface area contributed by atoms with Crippen molar-refractivity contribution in [2.24, 2.45) is 0 Å². The molecule has 0 unspecified atom stereocenters. The molecule has 2 amide bonds. The van der Waals surface area contributed by atoms with Crippen molar-refractivity contribution in [2.45, 2.75) is 32.2 Å². The highest BCUT2D eigenvalue weighted by molar-refractivity contribution is 6.34. The van der Waals surface area contributed by atoms with Crippen molar-refractivity contribution in [3.8, 4) is 0 Å². The van der Waals surface area contributed by atoms with Crippen LogP contribution in [0.1, 0.15) is 24.8 Å². The maximum Gasteiger partial charge on any atom is 0.321 e. The van der Waals surface area contributed by atoms with Crippen molar-refractivity contribution in [1.82, 2.24) is 9.80 Å². The minimum atomic E-state index is -0.0889. The van der Waals surface area contributed by atoms with Gasteiger partial charge in [0.1, 0.15) is 0 Å². The molecule has 2 rings (SSSR count). The number of rotatable bonds is 5. The summed E-state index contributed by atoms with van der Waals surface area (Å²) in [5.74, 6) is 0. The first-order valence-electron chi connectivity index (χ1n) is 8.15. The van der Waals surface area contributed by atoms with Crippen LogP contribution in [0.2, 0.25) is 5.02 Å². The van der Waals surface area contributed by atoms with Gasteiger partial charge < -0.3 is 20.2 Å². The Bertz CT molecular complexity index is 531. The van der Waals surface area contributed by atoms with Crippen LogP contribution in [0.25, 0.3) is 0 Å². The molecule has 1 saturated heterocycles. The van der Waals surface area contributed by atoms with Gasteiger partial charge in [-0.1, -0.05) is 23.7 Å². The fraction of sp³-hybridized carbons (Fsp3) is 0.588. The van der Waals surface area contributed by atoms with E-state index in [9.17, 15) is 4.79 Å². The van der Waals surface area contributed by atoms with Crippen LogP contribution >= 0.6 is 11.6 Å². The summed E-state index contributed by atoms with van der Waals surface area (Å²) in [5, 5.41) is 12.4. The van der Waals surface area contributed by atoms with Gasteiger partial charge in [0.2, 0.25) is 0 Å². The molecule has 0 spiro atoms. The molecule has 6 heteroatoms. The summed E-state index contributed by atoms with van der Waals surface area (Å²) >= 11 is 6.23. The highest BCUT2D eigenvalue weighted by atomic mass is 35.5. The molecule has 1 aliphatic heterocycles. The maximum atomic E-state index is 12.4. The van der Waals surface area contributed by atoms with Crippen molar-refractivity contribution in [2.75, 3.05) is 38.6 Å². The van der Waals surface area contributed by atoms with Gasteiger partial charge in [-0.05, 0) is 44.9 Å². The second-order valence-corrected chi connectivity index (χ2v) is 6.52. The first-order valence-corrected chi connectivity index (χ1v) is 8.53. The van der Waals surface area contributed by atoms with Gasteiger partial charge in [-0.25, -0.2) is 4.79 Å². The van der Waals surface area contributed by atoms with Gasteiger partial charge in [0.15, 0.2) is 0 Å². The first kappa shape index (κ1) is 18.0. The van der Waals surface area contributed by atoms with Crippen LogP contribution in [0.4, 0.5) is 10.5 Å². The Morgan fingerprint density at radius 1 is 1.43 bits per heavy atom. The van der Waals surface area contributed by atoms with E-state index in [1.54, 1.807) is 0 Å². The first-order chi connectivity index (χ1) is 11.0. The molecule has 1 aromatic carbocycles. The molecular weight excluding hydrogens is 314 g/mol. The molecule has 0 bridgehead atoms. The van der Waals surface area contributed by atoms with Crippen LogP contribution in [0, 0.1) is 6.92 Å². The number of hydrogen-bond donors (Lipinski definition) is 2. The molecule has 5 nitrogen and oxygen atoms in total. The summed E-state index contributed by atoms with van der Waals surface area (Å²) in [6.07, 6.45) is 2.71. The third-order valence-corrected chi connectivity index (χ3v) is 4.98. The van der Waals surface area contributed by atoms with Crippen LogP contribution < -0.4 is 5.32 Å². The predicted molar refractivity (Wildman–Crippen MR) is 94.1 cm³/mol. The molecule has 0 aliphatic carbocycles. The number of nitrogens with one attached hydrogen (secondary N) is 1. The van der Waals surface area contributed by atoms with Crippen molar-refractivity contribution >= 4 is 23.3 Å². The Morgan fingerprint density at radius 2 is 2.13 bits per heavy atom. The Morgan fingerprint density at radius 3 is 2.78 bits per heavy atom. The zero-order chi connectivity index (χ0) is 16.8. The molecule has 1 fully saturated rings. The van der Waals surface area contributed by atoms with Gasteiger partial charge in [0.05, 0.1) is 10.7 Å². The lowest BCUT2D eigenvalue weighted by molar-refractivity contribution is 0.134. The van der Waals surface area contributed by atoms with E-state index in [1.165, 1.54) is 0 Å². The summed E-state index contributed by atoms with van der Waals surface area (Å²) in [6.45, 7) is 4.52. The molecule has 1 aliphatic rings. The van der Waals surface area contributed by atoms with Crippen molar-refractivity contribution in [1.29, 1.82) is 0 Å². The molecule has 2 N–H and O–H groups in total. The number of carbonyl (C=O) groups excluding carboxylic acids is 1. The number of aliphatic hydroxyl groups is 1. The Labute approximate surface area is 143 Å². The molecular formula is C17H26ClN3O2. The van der Waals surface area contributed by atoms with E-state index in [4.69, 9.17) is 16.7 Å². The molecule has 23 heavy (non-hydrogen) atoms. The minimum absolute atomic E-state index is 0.0889. The number of nitrogens with zero attached hydrogens (tertiary/aromatic N) is 2. The number of benzene rings is 1. The van der Waals surface area contributed by atoms with E-state index < -0.39 is 0 Å². The number of aliphatic hydroxyl groups excluding tert-OH is 1. The second-order valence-electron chi connectivity index (χ2n) is 6.14. The summed E-state index contributed by atoms with van der Waals surface area (Å²) in [5.41, 5.74) is 1.62. The number of likely N-dealkylation sites (tertiary alicyclic amines) is 1. The second kappa shape index (κ2) is 8.52. The van der Waals surface area contributed by atoms with Gasteiger partial charge in [0, 0.05) is 32.3 Å². The lowest BCUT2D eigenvalue weighted by Gasteiger charge is -2.36. The van der Waals surface area contributed by atoms with E-state index in [-0.39, 0.29) is 12.6 Å². The highest BCUT2D eigenvalue weighted by Crippen LogP contribution is 2.26. The number of anilines is 1. The fourth-order valence-electron chi connectivity index (χ4n) is 2.95. The number of aryl methyl sites for hydroxylation is 1. The molecule has 0 radical (unpaired) electrons. The minimum Gasteiger partial charge on any atom is -0.396 e. The molecule has 0 atom stereocenters. The lowest BCUT2D eigenvalue weighted by Crippen LogP contribution is -2.47. The summed E-state index contributed by atoms with van der Waals surface area (Å²) in [7, 11) is 2.09. The number of amides is 2. The van der Waals surface area contributed by atoms with Crippen LogP contribution in [-0.2, 0) is 0 Å². The standard InChI is InChI=1S/C17H26ClN3O2/c1-13-5-3-6-15(16(13)18)19-17(23)21-10-7-14(8-11-21)20(2)9-4-12-22/h3,5-6,14,22H,4,7-12H2,1-2H3,(H,19,23). The third-order valence-electron chi connectivity index (χ3n) is 4.48. The summed E-state index contributed by atoms with van der Waals surface area (Å²) in [4.78, 5) is 16.5. The molecule has 128 valence electrons. The van der Waals surface area contributed by atoms with Crippen LogP contribution in [0.3, 0.4) is 0 Å². The normalized spacial score (nSPS) is 16.0. The Hall–Kier alpha value is -1.30. The number of hydrogen-bond acceptors (Lipinski definition) is 3. The maximum absolute atomic E-state index is 12.4. The van der Waals surface area contributed by atoms with Crippen molar-refractivity contribution < 1.29 is 9.90 Å². The van der Waals surface area contributed by atoms with E-state index in [0.717, 1.165) is 44.5 Å². The average Bonchev–Trinajstić information content (AvgIpc) is 2.57. The monoisotopic (exact) mass is 339 g/mol. The summed E-state index contributed by atoms with van der Waals surface area (Å²) < 4.78 is 0. The number of piperidine rings is 1. The number of urea groups is 1. The van der Waals surface area contributed by atoms with E-state index >= 15 is 0 Å². The number of halogens is 1. The van der Waals surface area contributed by atoms with Crippen molar-refractivity contribution in [3.05, 3.63) is 28.8 Å². The lowest BCUT2D eigenvalue weighted by atomic mass is 10.0. The Kier molecular flexibility index (Phi) is 6.69. The largest absolute Gasteiger partial charge is 0.396 e. The molecule has 1 heterocycles. The third kappa shape index (κ3) is 4.83. The zero-order valence-corrected chi connectivity index (χ0v) is 14.6. The fourth-order valence-corrected chi connectivity index (χ4v) is 3.12. The van der Waals surface area contributed by atoms with Gasteiger partial charge in [-0.3, -0.25) is 0 Å². The van der Waals surface area contributed by atoms with E-state index in [2.05, 4.69) is 17.3 Å². The highest BCUT2D eigenvalue weighted by Gasteiger charge is 2.25. The van der Waals surface area contributed by atoms with Gasteiger partial charge in [-0.15, -0.1) is 0 Å².